The summed E-state index contributed by atoms with van der Waals surface area (Å²) >= 11 is 0. The second kappa shape index (κ2) is 3.11. The molecular weight excluding hydrogens is 126 g/mol. The molecule has 0 bridgehead atoms. The number of anilines is 1. The minimum atomic E-state index is 0.310. The van der Waals surface area contributed by atoms with Gasteiger partial charge >= 0.3 is 0 Å². The minimum Gasteiger partial charge on any atom is -0.506 e. The summed E-state index contributed by atoms with van der Waals surface area (Å²) in [6, 6.07) is 7.20. The van der Waals surface area contributed by atoms with Gasteiger partial charge in [-0.2, -0.15) is 0 Å². The van der Waals surface area contributed by atoms with Crippen molar-refractivity contribution in [3.8, 4) is 5.75 Å². The van der Waals surface area contributed by atoms with Gasteiger partial charge in [-0.3, -0.25) is 0 Å². The summed E-state index contributed by atoms with van der Waals surface area (Å²) < 4.78 is 0. The molecule has 0 amide bonds. The van der Waals surface area contributed by atoms with Crippen LogP contribution in [0.2, 0.25) is 0 Å². The van der Waals surface area contributed by atoms with Crippen LogP contribution < -0.4 is 5.32 Å². The summed E-state index contributed by atoms with van der Waals surface area (Å²) in [6.45, 7) is 2.82. The normalized spacial score (nSPS) is 9.30. The molecule has 0 aliphatic rings. The van der Waals surface area contributed by atoms with Gasteiger partial charge in [0.05, 0.1) is 5.69 Å². The zero-order valence-corrected chi connectivity index (χ0v) is 5.96. The van der Waals surface area contributed by atoms with Crippen molar-refractivity contribution in [2.45, 2.75) is 6.92 Å². The van der Waals surface area contributed by atoms with E-state index in [1.807, 2.05) is 19.1 Å². The Balaban J connectivity index is 2.81. The van der Waals surface area contributed by atoms with E-state index in [-0.39, 0.29) is 0 Å². The monoisotopic (exact) mass is 137 g/mol. The minimum absolute atomic E-state index is 0.310. The Morgan fingerprint density at radius 1 is 1.40 bits per heavy atom. The highest BCUT2D eigenvalue weighted by molar-refractivity contribution is 5.54. The van der Waals surface area contributed by atoms with Crippen molar-refractivity contribution in [2.75, 3.05) is 11.9 Å². The molecule has 0 unspecified atom stereocenters. The second-order valence-corrected chi connectivity index (χ2v) is 2.05. The highest BCUT2D eigenvalue weighted by Gasteiger charge is 1.93. The number of phenolic OH excluding ortho intramolecular Hbond substituents is 1. The molecule has 10 heavy (non-hydrogen) atoms. The van der Waals surface area contributed by atoms with Crippen LogP contribution in [0.25, 0.3) is 0 Å². The van der Waals surface area contributed by atoms with Gasteiger partial charge in [0.2, 0.25) is 0 Å². The number of nitrogens with one attached hydrogen (secondary N) is 1. The summed E-state index contributed by atoms with van der Waals surface area (Å²) in [6.07, 6.45) is 0. The second-order valence-electron chi connectivity index (χ2n) is 2.05. The molecule has 2 N–H and O–H groups in total. The number of aromatic hydroxyl groups is 1. The fraction of sp³-hybridized carbons (Fsp3) is 0.250. The number of hydrogen-bond donors (Lipinski definition) is 2. The van der Waals surface area contributed by atoms with Crippen LogP contribution in [0.1, 0.15) is 6.92 Å². The molecule has 0 saturated heterocycles. The number of hydrogen-bond acceptors (Lipinski definition) is 2. The average molecular weight is 137 g/mol. The van der Waals surface area contributed by atoms with Gasteiger partial charge in [-0.1, -0.05) is 12.1 Å². The van der Waals surface area contributed by atoms with E-state index in [0.717, 1.165) is 12.2 Å². The van der Waals surface area contributed by atoms with Crippen LogP contribution in [-0.2, 0) is 0 Å². The maximum absolute atomic E-state index is 9.18. The van der Waals surface area contributed by atoms with Crippen molar-refractivity contribution in [3.63, 3.8) is 0 Å². The van der Waals surface area contributed by atoms with Gasteiger partial charge in [-0.15, -0.1) is 0 Å². The Hall–Kier alpha value is -1.18. The molecule has 0 aromatic heterocycles. The van der Waals surface area contributed by atoms with Crippen molar-refractivity contribution in [1.29, 1.82) is 0 Å². The van der Waals surface area contributed by atoms with Crippen LogP contribution in [0, 0.1) is 0 Å². The maximum atomic E-state index is 9.18. The summed E-state index contributed by atoms with van der Waals surface area (Å²) in [7, 11) is 0. The first-order chi connectivity index (χ1) is 4.84. The molecule has 2 heteroatoms. The molecule has 1 aromatic carbocycles. The number of rotatable bonds is 2. The van der Waals surface area contributed by atoms with E-state index >= 15 is 0 Å². The van der Waals surface area contributed by atoms with E-state index in [1.54, 1.807) is 12.1 Å². The predicted molar refractivity (Wildman–Crippen MR) is 42.3 cm³/mol. The molecule has 0 heterocycles. The highest BCUT2D eigenvalue weighted by Crippen LogP contribution is 2.20. The van der Waals surface area contributed by atoms with Crippen LogP contribution in [0.5, 0.6) is 5.75 Å². The average Bonchev–Trinajstić information content (AvgIpc) is 1.94. The van der Waals surface area contributed by atoms with Crippen molar-refractivity contribution in [1.82, 2.24) is 0 Å². The van der Waals surface area contributed by atoms with Gasteiger partial charge in [0, 0.05) is 6.54 Å². The lowest BCUT2D eigenvalue weighted by atomic mass is 10.3. The topological polar surface area (TPSA) is 32.3 Å². The largest absolute Gasteiger partial charge is 0.506 e. The van der Waals surface area contributed by atoms with Gasteiger partial charge < -0.3 is 10.4 Å². The van der Waals surface area contributed by atoms with E-state index in [4.69, 9.17) is 0 Å². The van der Waals surface area contributed by atoms with Crippen molar-refractivity contribution < 1.29 is 5.11 Å². The Bertz CT molecular complexity index is 210. The van der Waals surface area contributed by atoms with E-state index in [0.29, 0.717) is 5.75 Å². The summed E-state index contributed by atoms with van der Waals surface area (Å²) in [5, 5.41) is 12.2. The lowest BCUT2D eigenvalue weighted by Crippen LogP contribution is -1.95. The van der Waals surface area contributed by atoms with Crippen LogP contribution >= 0.6 is 0 Å². The summed E-state index contributed by atoms with van der Waals surface area (Å²) in [5.41, 5.74) is 0.796. The van der Waals surface area contributed by atoms with E-state index < -0.39 is 0 Å². The van der Waals surface area contributed by atoms with Crippen molar-refractivity contribution in [2.24, 2.45) is 0 Å². The van der Waals surface area contributed by atoms with E-state index in [9.17, 15) is 5.11 Å². The maximum Gasteiger partial charge on any atom is 0.138 e. The SMILES string of the molecule is CCNc1ccccc1O. The van der Waals surface area contributed by atoms with Crippen LogP contribution in [0.15, 0.2) is 24.3 Å². The molecule has 2 nitrogen and oxygen atoms in total. The Labute approximate surface area is 60.5 Å². The fourth-order valence-electron chi connectivity index (χ4n) is 0.814. The van der Waals surface area contributed by atoms with Crippen LogP contribution in [-0.4, -0.2) is 11.7 Å². The molecule has 0 aliphatic carbocycles. The van der Waals surface area contributed by atoms with Crippen molar-refractivity contribution >= 4 is 5.69 Å². The third kappa shape index (κ3) is 1.41. The highest BCUT2D eigenvalue weighted by atomic mass is 16.3. The predicted octanol–water partition coefficient (Wildman–Crippen LogP) is 1.82. The molecular formula is C8H11NO. The van der Waals surface area contributed by atoms with Gasteiger partial charge in [0.15, 0.2) is 0 Å². The van der Waals surface area contributed by atoms with E-state index in [1.165, 1.54) is 0 Å². The van der Waals surface area contributed by atoms with Crippen molar-refractivity contribution in [3.05, 3.63) is 24.3 Å². The lowest BCUT2D eigenvalue weighted by Gasteiger charge is -2.03. The quantitative estimate of drug-likeness (QED) is 0.609. The van der Waals surface area contributed by atoms with Gasteiger partial charge in [0.1, 0.15) is 5.75 Å². The zero-order chi connectivity index (χ0) is 7.40. The molecule has 1 aromatic rings. The first kappa shape index (κ1) is 6.93. The summed E-state index contributed by atoms with van der Waals surface area (Å²) in [4.78, 5) is 0. The third-order valence-corrected chi connectivity index (χ3v) is 1.27. The van der Waals surface area contributed by atoms with Gasteiger partial charge in [0.25, 0.3) is 0 Å². The Morgan fingerprint density at radius 3 is 2.70 bits per heavy atom. The Morgan fingerprint density at radius 2 is 2.10 bits per heavy atom. The van der Waals surface area contributed by atoms with E-state index in [2.05, 4.69) is 5.32 Å². The first-order valence-corrected chi connectivity index (χ1v) is 3.36. The molecule has 0 saturated carbocycles. The van der Waals surface area contributed by atoms with Gasteiger partial charge in [-0.25, -0.2) is 0 Å². The van der Waals surface area contributed by atoms with Gasteiger partial charge in [-0.05, 0) is 19.1 Å². The molecule has 0 fully saturated rings. The first-order valence-electron chi connectivity index (χ1n) is 3.36. The number of para-hydroxylation sites is 2. The Kier molecular flexibility index (Phi) is 2.15. The molecule has 0 radical (unpaired) electrons. The molecule has 54 valence electrons. The van der Waals surface area contributed by atoms with Crippen LogP contribution in [0.4, 0.5) is 5.69 Å². The molecule has 1 rings (SSSR count). The zero-order valence-electron chi connectivity index (χ0n) is 5.96. The number of phenols is 1. The third-order valence-electron chi connectivity index (χ3n) is 1.27. The molecule has 0 spiro atoms. The molecule has 0 aliphatic heterocycles. The molecule has 0 atom stereocenters. The number of benzene rings is 1. The standard InChI is InChI=1S/C8H11NO/c1-2-9-7-5-3-4-6-8(7)10/h3-6,9-10H,2H2,1H3. The van der Waals surface area contributed by atoms with Crippen LogP contribution in [0.3, 0.4) is 0 Å². The summed E-state index contributed by atoms with van der Waals surface area (Å²) in [5.74, 6) is 0.310. The smallest absolute Gasteiger partial charge is 0.138 e. The fourth-order valence-corrected chi connectivity index (χ4v) is 0.814. The lowest BCUT2D eigenvalue weighted by molar-refractivity contribution is 0.477.